The highest BCUT2D eigenvalue weighted by atomic mass is 79.9. The van der Waals surface area contributed by atoms with Crippen LogP contribution in [0.5, 0.6) is 0 Å². The highest BCUT2D eigenvalue weighted by molar-refractivity contribution is 9.09. The number of nitrogens with one attached hydrogen (secondary N) is 1. The topological polar surface area (TPSA) is 147 Å². The van der Waals surface area contributed by atoms with Gasteiger partial charge in [-0.25, -0.2) is 0 Å². The minimum Gasteiger partial charge on any atom is -0.455 e. The van der Waals surface area contributed by atoms with E-state index in [1.165, 1.54) is 12.0 Å². The SMILES string of the molecule is C=CCCC(=O)N[C@@H](COC)[C@@H](OC(=O)[C@@H]1[C@H]2O[C@@]3(CC2Br)[C@H](C(=O)N(CC=C)CCN2CCOCC2)N([C@@H](CC)CO)C(=O)[C@@H]13)c1ccccc1. The van der Waals surface area contributed by atoms with Crippen LogP contribution >= 0.6 is 15.9 Å². The molecule has 4 saturated heterocycles. The van der Waals surface area contributed by atoms with Gasteiger partial charge in [-0.15, -0.1) is 13.2 Å². The molecule has 0 aliphatic carbocycles. The number of rotatable bonds is 19. The molecule has 4 aliphatic heterocycles. The van der Waals surface area contributed by atoms with E-state index in [2.05, 4.69) is 39.3 Å². The Morgan fingerprint density at radius 2 is 1.92 bits per heavy atom. The van der Waals surface area contributed by atoms with Crippen LogP contribution in [0.15, 0.2) is 55.6 Å². The summed E-state index contributed by atoms with van der Waals surface area (Å²) in [6.07, 6.45) is 2.98. The number of aliphatic hydroxyl groups excluding tert-OH is 1. The zero-order valence-corrected chi connectivity index (χ0v) is 31.8. The fraction of sp³-hybridized carbons (Fsp3) is 0.632. The van der Waals surface area contributed by atoms with Gasteiger partial charge in [-0.2, -0.15) is 0 Å². The molecule has 13 nitrogen and oxygen atoms in total. The summed E-state index contributed by atoms with van der Waals surface area (Å²) in [4.78, 5) is 62.0. The average molecular weight is 790 g/mol. The number of allylic oxidation sites excluding steroid dienone is 1. The van der Waals surface area contributed by atoms with Crippen LogP contribution in [0.1, 0.15) is 44.3 Å². The zero-order chi connectivity index (χ0) is 37.4. The number of aliphatic hydroxyl groups is 1. The second-order valence-electron chi connectivity index (χ2n) is 13.9. The highest BCUT2D eigenvalue weighted by Crippen LogP contribution is 2.61. The fourth-order valence-corrected chi connectivity index (χ4v) is 9.20. The number of hydrogen-bond donors (Lipinski definition) is 2. The summed E-state index contributed by atoms with van der Waals surface area (Å²) < 4.78 is 24.0. The van der Waals surface area contributed by atoms with E-state index in [9.17, 15) is 24.3 Å². The van der Waals surface area contributed by atoms with E-state index in [0.717, 1.165) is 13.1 Å². The number of carbonyl (C=O) groups excluding carboxylic acids is 4. The average Bonchev–Trinajstić information content (AvgIpc) is 3.75. The first-order valence-electron chi connectivity index (χ1n) is 18.2. The first-order chi connectivity index (χ1) is 25.1. The van der Waals surface area contributed by atoms with Gasteiger partial charge < -0.3 is 39.2 Å². The Balaban J connectivity index is 1.48. The molecular weight excluding hydrogens is 736 g/mol. The molecule has 1 unspecified atom stereocenters. The van der Waals surface area contributed by atoms with Crippen LogP contribution in [0, 0.1) is 11.8 Å². The van der Waals surface area contributed by atoms with Gasteiger partial charge in [-0.1, -0.05) is 65.3 Å². The third-order valence-corrected chi connectivity index (χ3v) is 11.6. The standard InChI is InChI=1S/C38H53BrN4O9/c1-5-8-14-29(45)40-28(24-49-4)32(25-12-10-9-11-13-25)51-37(48)30-31-35(46)43(26(7-3)23-44)34(38(31)22-27(39)33(30)52-38)36(47)42(15-6-2)17-16-41-18-20-50-21-19-41/h5-6,9-13,26-28,30-34,44H,1-2,7-8,14-24H2,3-4H3,(H,40,45)/t26-,27?,28-,30-,31+,32-,33-,34-,38+/m0/s1. The molecule has 14 heteroatoms. The predicted molar refractivity (Wildman–Crippen MR) is 196 cm³/mol. The Morgan fingerprint density at radius 3 is 2.56 bits per heavy atom. The van der Waals surface area contributed by atoms with Gasteiger partial charge in [-0.3, -0.25) is 24.1 Å². The molecule has 5 rings (SSSR count). The predicted octanol–water partition coefficient (Wildman–Crippen LogP) is 2.23. The summed E-state index contributed by atoms with van der Waals surface area (Å²) in [6.45, 7) is 13.1. The quantitative estimate of drug-likeness (QED) is 0.122. The summed E-state index contributed by atoms with van der Waals surface area (Å²) in [5, 5.41) is 13.5. The molecular formula is C38H53BrN4O9. The van der Waals surface area contributed by atoms with Crippen molar-refractivity contribution in [3.63, 3.8) is 0 Å². The molecule has 3 amide bonds. The molecule has 4 fully saturated rings. The van der Waals surface area contributed by atoms with Crippen LogP contribution in [0.3, 0.4) is 0 Å². The summed E-state index contributed by atoms with van der Waals surface area (Å²) >= 11 is 3.74. The van der Waals surface area contributed by atoms with Crippen LogP contribution in [-0.2, 0) is 38.1 Å². The third-order valence-electron chi connectivity index (χ3n) is 10.8. The van der Waals surface area contributed by atoms with Gasteiger partial charge in [0.25, 0.3) is 0 Å². The van der Waals surface area contributed by atoms with Gasteiger partial charge in [0.05, 0.1) is 56.5 Å². The Bertz CT molecular complexity index is 1420. The van der Waals surface area contributed by atoms with Gasteiger partial charge >= 0.3 is 5.97 Å². The molecule has 1 aromatic rings. The number of esters is 1. The lowest BCUT2D eigenvalue weighted by atomic mass is 9.70. The Kier molecular flexibility index (Phi) is 14.1. The minimum atomic E-state index is -1.34. The second-order valence-corrected chi connectivity index (χ2v) is 15.1. The first kappa shape index (κ1) is 40.1. The monoisotopic (exact) mass is 788 g/mol. The number of halogens is 1. The Labute approximate surface area is 314 Å². The molecule has 9 atom stereocenters. The second kappa shape index (κ2) is 18.3. The molecule has 0 saturated carbocycles. The number of methoxy groups -OCH3 is 1. The van der Waals surface area contributed by atoms with Crippen LogP contribution in [-0.4, -0.2) is 144 Å². The zero-order valence-electron chi connectivity index (χ0n) is 30.2. The van der Waals surface area contributed by atoms with Crippen molar-refractivity contribution in [3.05, 3.63) is 61.2 Å². The molecule has 2 bridgehead atoms. The minimum absolute atomic E-state index is 0.0489. The molecule has 52 heavy (non-hydrogen) atoms. The largest absolute Gasteiger partial charge is 0.455 e. The number of amides is 3. The van der Waals surface area contributed by atoms with E-state index >= 15 is 0 Å². The van der Waals surface area contributed by atoms with Crippen molar-refractivity contribution in [1.29, 1.82) is 0 Å². The Morgan fingerprint density at radius 1 is 1.19 bits per heavy atom. The summed E-state index contributed by atoms with van der Waals surface area (Å²) in [7, 11) is 1.50. The lowest BCUT2D eigenvalue weighted by Crippen LogP contribution is -2.59. The number of likely N-dealkylation sites (tertiary alicyclic amines) is 1. The normalized spacial score (nSPS) is 28.5. The van der Waals surface area contributed by atoms with Crippen LogP contribution < -0.4 is 5.32 Å². The number of hydrogen-bond acceptors (Lipinski definition) is 10. The van der Waals surface area contributed by atoms with Crippen molar-refractivity contribution in [2.24, 2.45) is 11.8 Å². The highest BCUT2D eigenvalue weighted by Gasteiger charge is 2.77. The third kappa shape index (κ3) is 8.17. The van der Waals surface area contributed by atoms with Crippen molar-refractivity contribution < 1.29 is 43.2 Å². The van der Waals surface area contributed by atoms with Gasteiger partial charge in [0.1, 0.15) is 17.7 Å². The van der Waals surface area contributed by atoms with Crippen molar-refractivity contribution in [1.82, 2.24) is 20.0 Å². The number of morpholine rings is 1. The van der Waals surface area contributed by atoms with Gasteiger partial charge in [-0.05, 0) is 24.8 Å². The molecule has 0 aromatic heterocycles. The lowest BCUT2D eigenvalue weighted by molar-refractivity contribution is -0.163. The first-order valence-corrected chi connectivity index (χ1v) is 19.2. The number of fused-ring (bicyclic) bond motifs is 1. The van der Waals surface area contributed by atoms with Gasteiger partial charge in [0.2, 0.25) is 17.7 Å². The smallest absolute Gasteiger partial charge is 0.313 e. The number of nitrogens with zero attached hydrogens (tertiary/aromatic N) is 3. The molecule has 2 N–H and O–H groups in total. The van der Waals surface area contributed by atoms with E-state index < -0.39 is 59.6 Å². The lowest BCUT2D eigenvalue weighted by Gasteiger charge is -2.39. The van der Waals surface area contributed by atoms with Crippen molar-refractivity contribution in [3.8, 4) is 0 Å². The number of alkyl halides is 1. The summed E-state index contributed by atoms with van der Waals surface area (Å²) in [6, 6.07) is 6.57. The molecule has 1 spiro atoms. The van der Waals surface area contributed by atoms with Crippen molar-refractivity contribution in [2.45, 2.75) is 73.4 Å². The fourth-order valence-electron chi connectivity index (χ4n) is 8.26. The van der Waals surface area contributed by atoms with Gasteiger partial charge in [0, 0.05) is 51.1 Å². The van der Waals surface area contributed by atoms with Crippen LogP contribution in [0.4, 0.5) is 0 Å². The van der Waals surface area contributed by atoms with Crippen molar-refractivity contribution >= 4 is 39.6 Å². The van der Waals surface area contributed by atoms with E-state index in [1.54, 1.807) is 29.2 Å². The Hall–Kier alpha value is -3.14. The molecule has 286 valence electrons. The van der Waals surface area contributed by atoms with E-state index in [4.69, 9.17) is 18.9 Å². The molecule has 4 aliphatic rings. The number of benzene rings is 1. The van der Waals surface area contributed by atoms with Crippen LogP contribution in [0.25, 0.3) is 0 Å². The molecule has 4 heterocycles. The van der Waals surface area contributed by atoms with E-state index in [1.807, 2.05) is 25.1 Å². The maximum atomic E-state index is 14.8. The summed E-state index contributed by atoms with van der Waals surface area (Å²) in [5.74, 6) is -3.75. The maximum Gasteiger partial charge on any atom is 0.313 e. The molecule has 1 aromatic carbocycles. The van der Waals surface area contributed by atoms with E-state index in [0.29, 0.717) is 51.1 Å². The molecule has 0 radical (unpaired) electrons. The van der Waals surface area contributed by atoms with Gasteiger partial charge in [0.15, 0.2) is 0 Å². The summed E-state index contributed by atoms with van der Waals surface area (Å²) in [5.41, 5.74) is -0.708. The maximum absolute atomic E-state index is 14.8. The van der Waals surface area contributed by atoms with E-state index in [-0.39, 0.29) is 42.8 Å². The van der Waals surface area contributed by atoms with Crippen molar-refractivity contribution in [2.75, 3.05) is 66.3 Å². The van der Waals surface area contributed by atoms with Crippen LogP contribution in [0.2, 0.25) is 0 Å². The number of ether oxygens (including phenoxy) is 4. The number of carbonyl (C=O) groups is 4.